The third-order valence-corrected chi connectivity index (χ3v) is 9.28. The average Bonchev–Trinajstić information content (AvgIpc) is 2.91. The maximum absolute atomic E-state index is 14.7. The predicted octanol–water partition coefficient (Wildman–Crippen LogP) is 5.28. The van der Waals surface area contributed by atoms with E-state index >= 15 is 0 Å². The zero-order valence-electron chi connectivity index (χ0n) is 23.7. The summed E-state index contributed by atoms with van der Waals surface area (Å²) in [6, 6.07) is 5.74. The number of piperidine rings is 1. The number of rotatable bonds is 5. The number of aromatic nitrogens is 2. The molecule has 0 bridgehead atoms. The molecule has 4 heterocycles. The Labute approximate surface area is 236 Å². The van der Waals surface area contributed by atoms with Crippen LogP contribution in [-0.4, -0.2) is 69.6 Å². The van der Waals surface area contributed by atoms with E-state index in [4.69, 9.17) is 21.3 Å². The van der Waals surface area contributed by atoms with Crippen LogP contribution in [0, 0.1) is 17.7 Å². The van der Waals surface area contributed by atoms with Crippen LogP contribution in [0.4, 0.5) is 10.3 Å². The van der Waals surface area contributed by atoms with Gasteiger partial charge in [-0.05, 0) is 76.1 Å². The molecule has 1 amide bonds. The summed E-state index contributed by atoms with van der Waals surface area (Å²) < 4.78 is 20.1. The Morgan fingerprint density at radius 2 is 1.95 bits per heavy atom. The lowest BCUT2D eigenvalue weighted by Crippen LogP contribution is -2.58. The highest BCUT2D eigenvalue weighted by molar-refractivity contribution is 6.30. The normalized spacial score (nSPS) is 28.4. The Hall–Kier alpha value is -2.29. The van der Waals surface area contributed by atoms with Crippen molar-refractivity contribution in [2.45, 2.75) is 90.5 Å². The van der Waals surface area contributed by atoms with Crippen molar-refractivity contribution in [3.8, 4) is 0 Å². The minimum absolute atomic E-state index is 0.0242. The number of hydrogen-bond acceptors (Lipinski definition) is 6. The number of fused-ring (bicyclic) bond motifs is 1. The number of carbonyl (C=O) groups is 1. The number of likely N-dealkylation sites (tertiary alicyclic amines) is 1. The van der Waals surface area contributed by atoms with E-state index < -0.39 is 5.82 Å². The van der Waals surface area contributed by atoms with Crippen molar-refractivity contribution in [3.63, 3.8) is 0 Å². The summed E-state index contributed by atoms with van der Waals surface area (Å²) in [5.74, 6) is -0.0347. The molecule has 2 unspecified atom stereocenters. The molecule has 5 atom stereocenters. The fourth-order valence-electron chi connectivity index (χ4n) is 6.83. The van der Waals surface area contributed by atoms with E-state index in [0.29, 0.717) is 31.0 Å². The molecule has 2 saturated heterocycles. The molecule has 2 aromatic rings. The highest BCUT2D eigenvalue weighted by Crippen LogP contribution is 2.43. The van der Waals surface area contributed by atoms with Crippen molar-refractivity contribution in [1.82, 2.24) is 19.8 Å². The molecule has 39 heavy (non-hydrogen) atoms. The summed E-state index contributed by atoms with van der Waals surface area (Å²) in [5, 5.41) is 3.56. The largest absolute Gasteiger partial charge is 0.381 e. The average molecular weight is 558 g/mol. The number of nitrogens with zero attached hydrogens (tertiary/aromatic N) is 4. The highest BCUT2D eigenvalue weighted by atomic mass is 35.5. The number of benzene rings is 1. The van der Waals surface area contributed by atoms with Crippen LogP contribution in [0.3, 0.4) is 0 Å². The first-order valence-electron chi connectivity index (χ1n) is 14.3. The van der Waals surface area contributed by atoms with Crippen molar-refractivity contribution in [2.24, 2.45) is 11.8 Å². The molecule has 5 rings (SSSR count). The standard InChI is InChI=1S/C30H41ClFN5O2/c1-17(2)36-15-18(3)27(28(20(36)5)21-6-7-24(31)25(32)13-21)29(38)37-16-26-22(12-19(37)4)14-33-30(35-26)34-23-8-10-39-11-9-23/h6-7,13-14,17-20,23,27-28H,8-12,15-16H2,1-5H3,(H,33,34,35)/t18?,19-,20?,27-,28+/m1/s1. The Morgan fingerprint density at radius 3 is 2.64 bits per heavy atom. The summed E-state index contributed by atoms with van der Waals surface area (Å²) in [5.41, 5.74) is 2.83. The van der Waals surface area contributed by atoms with Crippen LogP contribution in [-0.2, 0) is 22.5 Å². The van der Waals surface area contributed by atoms with Gasteiger partial charge in [0.25, 0.3) is 0 Å². The monoisotopic (exact) mass is 557 g/mol. The van der Waals surface area contributed by atoms with Crippen molar-refractivity contribution in [1.29, 1.82) is 0 Å². The lowest BCUT2D eigenvalue weighted by Gasteiger charge is -2.50. The smallest absolute Gasteiger partial charge is 0.227 e. The number of nitrogens with one attached hydrogen (secondary N) is 1. The van der Waals surface area contributed by atoms with Gasteiger partial charge >= 0.3 is 0 Å². The van der Waals surface area contributed by atoms with Crippen LogP contribution in [0.15, 0.2) is 24.4 Å². The number of hydrogen-bond donors (Lipinski definition) is 1. The van der Waals surface area contributed by atoms with Crippen molar-refractivity contribution < 1.29 is 13.9 Å². The van der Waals surface area contributed by atoms with Crippen LogP contribution in [0.1, 0.15) is 70.2 Å². The van der Waals surface area contributed by atoms with Gasteiger partial charge in [-0.1, -0.05) is 24.6 Å². The summed E-state index contributed by atoms with van der Waals surface area (Å²) in [7, 11) is 0. The van der Waals surface area contributed by atoms with Crippen LogP contribution >= 0.6 is 11.6 Å². The van der Waals surface area contributed by atoms with Crippen LogP contribution in [0.25, 0.3) is 0 Å². The fourth-order valence-corrected chi connectivity index (χ4v) is 6.95. The van der Waals surface area contributed by atoms with Gasteiger partial charge in [-0.15, -0.1) is 0 Å². The molecule has 0 spiro atoms. The lowest BCUT2D eigenvalue weighted by atomic mass is 9.70. The SMILES string of the molecule is CC1CN(C(C)C)C(C)[C@@H](c2ccc(Cl)c(F)c2)[C@@H]1C(=O)N1Cc2nc(NC3CCOCC3)ncc2C[C@H]1C. The first-order valence-corrected chi connectivity index (χ1v) is 14.7. The second-order valence-corrected chi connectivity index (χ2v) is 12.4. The van der Waals surface area contributed by atoms with Gasteiger partial charge < -0.3 is 15.0 Å². The van der Waals surface area contributed by atoms with E-state index in [1.165, 1.54) is 6.07 Å². The summed E-state index contributed by atoms with van der Waals surface area (Å²) >= 11 is 6.04. The first-order chi connectivity index (χ1) is 18.6. The number of amides is 1. The minimum atomic E-state index is -0.441. The van der Waals surface area contributed by atoms with E-state index in [9.17, 15) is 9.18 Å². The maximum Gasteiger partial charge on any atom is 0.227 e. The Balaban J connectivity index is 1.43. The van der Waals surface area contributed by atoms with Crippen LogP contribution in [0.2, 0.25) is 5.02 Å². The molecule has 1 N–H and O–H groups in total. The topological polar surface area (TPSA) is 70.6 Å². The number of carbonyl (C=O) groups excluding carboxylic acids is 1. The fraction of sp³-hybridized carbons (Fsp3) is 0.633. The van der Waals surface area contributed by atoms with Crippen molar-refractivity contribution in [3.05, 3.63) is 52.1 Å². The lowest BCUT2D eigenvalue weighted by molar-refractivity contribution is -0.145. The van der Waals surface area contributed by atoms with Crippen molar-refractivity contribution in [2.75, 3.05) is 25.1 Å². The summed E-state index contributed by atoms with van der Waals surface area (Å²) in [6.45, 7) is 13.5. The van der Waals surface area contributed by atoms with Gasteiger partial charge in [0.2, 0.25) is 11.9 Å². The molecule has 3 aliphatic rings. The molecule has 7 nitrogen and oxygen atoms in total. The van der Waals surface area contributed by atoms with Gasteiger partial charge in [-0.3, -0.25) is 9.69 Å². The van der Waals surface area contributed by atoms with Gasteiger partial charge in [-0.2, -0.15) is 0 Å². The highest BCUT2D eigenvalue weighted by Gasteiger charge is 2.47. The summed E-state index contributed by atoms with van der Waals surface area (Å²) in [4.78, 5) is 28.3. The Bertz CT molecular complexity index is 1190. The molecule has 0 radical (unpaired) electrons. The third-order valence-electron chi connectivity index (χ3n) is 8.98. The van der Waals surface area contributed by atoms with E-state index in [0.717, 1.165) is 49.4 Å². The molecule has 212 valence electrons. The molecular weight excluding hydrogens is 517 g/mol. The van der Waals surface area contributed by atoms with Crippen molar-refractivity contribution >= 4 is 23.5 Å². The predicted molar refractivity (Wildman–Crippen MR) is 151 cm³/mol. The van der Waals surface area contributed by atoms with Gasteiger partial charge in [0, 0.05) is 56.0 Å². The molecular formula is C30H41ClFN5O2. The van der Waals surface area contributed by atoms with Gasteiger partial charge in [0.15, 0.2) is 0 Å². The molecule has 1 aromatic heterocycles. The van der Waals surface area contributed by atoms with Gasteiger partial charge in [0.05, 0.1) is 23.2 Å². The Morgan fingerprint density at radius 1 is 1.21 bits per heavy atom. The third kappa shape index (κ3) is 5.79. The van der Waals surface area contributed by atoms with Crippen LogP contribution in [0.5, 0.6) is 0 Å². The van der Waals surface area contributed by atoms with Crippen LogP contribution < -0.4 is 5.32 Å². The number of halogens is 2. The van der Waals surface area contributed by atoms with E-state index in [1.807, 2.05) is 17.2 Å². The molecule has 0 aliphatic carbocycles. The quantitative estimate of drug-likeness (QED) is 0.539. The Kier molecular flexibility index (Phi) is 8.45. The molecule has 1 aromatic carbocycles. The number of ether oxygens (including phenoxy) is 1. The molecule has 3 aliphatic heterocycles. The van der Waals surface area contributed by atoms with E-state index in [-0.39, 0.29) is 40.8 Å². The van der Waals surface area contributed by atoms with E-state index in [1.54, 1.807) is 6.07 Å². The van der Waals surface area contributed by atoms with Gasteiger partial charge in [0.1, 0.15) is 5.82 Å². The minimum Gasteiger partial charge on any atom is -0.381 e. The molecule has 9 heteroatoms. The molecule has 2 fully saturated rings. The zero-order valence-corrected chi connectivity index (χ0v) is 24.4. The zero-order chi connectivity index (χ0) is 27.8. The second-order valence-electron chi connectivity index (χ2n) is 11.9. The maximum atomic E-state index is 14.7. The first kappa shape index (κ1) is 28.2. The van der Waals surface area contributed by atoms with Gasteiger partial charge in [-0.25, -0.2) is 14.4 Å². The second kappa shape index (κ2) is 11.7. The summed E-state index contributed by atoms with van der Waals surface area (Å²) in [6.07, 6.45) is 4.49. The van der Waals surface area contributed by atoms with E-state index in [2.05, 4.69) is 49.8 Å². The number of anilines is 1. The molecule has 0 saturated carbocycles.